The van der Waals surface area contributed by atoms with Gasteiger partial charge in [-0.25, -0.2) is 0 Å². The number of nitrogens with one attached hydrogen (secondary N) is 2. The van der Waals surface area contributed by atoms with Crippen molar-refractivity contribution in [3.8, 4) is 5.75 Å². The average Bonchev–Trinajstić information content (AvgIpc) is 2.80. The second-order valence-electron chi connectivity index (χ2n) is 8.21. The first-order valence-corrected chi connectivity index (χ1v) is 11.3. The van der Waals surface area contributed by atoms with Crippen LogP contribution in [0.4, 0.5) is 17.1 Å². The first-order chi connectivity index (χ1) is 16.3. The van der Waals surface area contributed by atoms with Gasteiger partial charge in [0.25, 0.3) is 5.69 Å². The first-order valence-electron chi connectivity index (χ1n) is 10.5. The Morgan fingerprint density at radius 3 is 2.56 bits per heavy atom. The van der Waals surface area contributed by atoms with Crippen molar-refractivity contribution in [1.82, 2.24) is 5.32 Å². The first kappa shape index (κ1) is 22.1. The number of nitrogens with zero attached hydrogens (tertiary/aromatic N) is 2. The van der Waals surface area contributed by atoms with Gasteiger partial charge in [-0.2, -0.15) is 0 Å². The maximum Gasteiger partial charge on any atom is 0.270 e. The van der Waals surface area contributed by atoms with Crippen LogP contribution in [0.15, 0.2) is 72.8 Å². The van der Waals surface area contributed by atoms with Gasteiger partial charge in [-0.3, -0.25) is 19.8 Å². The van der Waals surface area contributed by atoms with Gasteiger partial charge in [0.1, 0.15) is 11.7 Å². The Morgan fingerprint density at radius 1 is 1.18 bits per heavy atom. The molecule has 2 N–H and O–H groups in total. The highest BCUT2D eigenvalue weighted by molar-refractivity contribution is 7.80. The summed E-state index contributed by atoms with van der Waals surface area (Å²) >= 11 is 11.7. The summed E-state index contributed by atoms with van der Waals surface area (Å²) in [6.45, 7) is 1.80. The molecule has 0 aliphatic carbocycles. The molecule has 0 unspecified atom stereocenters. The van der Waals surface area contributed by atoms with Crippen LogP contribution in [-0.4, -0.2) is 21.7 Å². The highest BCUT2D eigenvalue weighted by Crippen LogP contribution is 2.50. The molecule has 1 amide bonds. The molecule has 10 heteroatoms. The SMILES string of the molecule is C[C@]12Oc3ccc([N+](=O)[O-])cc3[C@H](NC(=S)N1c1ccccc1)[C@@H]2C(=O)Nc1ccc(Cl)cc1. The van der Waals surface area contributed by atoms with Crippen LogP contribution in [0.3, 0.4) is 0 Å². The van der Waals surface area contributed by atoms with E-state index in [9.17, 15) is 14.9 Å². The Balaban J connectivity index is 1.63. The molecule has 2 aliphatic heterocycles. The molecule has 3 aromatic rings. The van der Waals surface area contributed by atoms with Crippen LogP contribution in [0.2, 0.25) is 5.02 Å². The number of ether oxygens (including phenoxy) is 1. The lowest BCUT2D eigenvalue weighted by atomic mass is 9.78. The van der Waals surface area contributed by atoms with Crippen molar-refractivity contribution in [2.75, 3.05) is 10.2 Å². The zero-order chi connectivity index (χ0) is 24.0. The largest absolute Gasteiger partial charge is 0.467 e. The molecule has 2 heterocycles. The Morgan fingerprint density at radius 2 is 1.88 bits per heavy atom. The maximum absolute atomic E-state index is 13.7. The zero-order valence-electron chi connectivity index (χ0n) is 17.9. The number of nitro benzene ring substituents is 1. The third-order valence-corrected chi connectivity index (χ3v) is 6.65. The van der Waals surface area contributed by atoms with E-state index in [0.29, 0.717) is 27.1 Å². The van der Waals surface area contributed by atoms with Crippen molar-refractivity contribution in [2.45, 2.75) is 18.7 Å². The van der Waals surface area contributed by atoms with Crippen LogP contribution in [0.1, 0.15) is 18.5 Å². The van der Waals surface area contributed by atoms with Gasteiger partial charge in [0.2, 0.25) is 5.91 Å². The number of hydrogen-bond donors (Lipinski definition) is 2. The topological polar surface area (TPSA) is 96.7 Å². The molecular formula is C24H19ClN4O4S. The number of nitro groups is 1. The number of carbonyl (C=O) groups excluding carboxylic acids is 1. The molecule has 3 aromatic carbocycles. The molecule has 8 nitrogen and oxygen atoms in total. The van der Waals surface area contributed by atoms with Gasteiger partial charge >= 0.3 is 0 Å². The van der Waals surface area contributed by atoms with E-state index in [1.165, 1.54) is 12.1 Å². The van der Waals surface area contributed by atoms with E-state index in [1.54, 1.807) is 42.2 Å². The summed E-state index contributed by atoms with van der Waals surface area (Å²) in [5, 5.41) is 18.5. The van der Waals surface area contributed by atoms with Gasteiger partial charge < -0.3 is 15.4 Å². The second kappa shape index (κ2) is 8.27. The van der Waals surface area contributed by atoms with E-state index < -0.39 is 22.6 Å². The molecule has 0 saturated carbocycles. The second-order valence-corrected chi connectivity index (χ2v) is 9.03. The van der Waals surface area contributed by atoms with Crippen molar-refractivity contribution < 1.29 is 14.5 Å². The smallest absolute Gasteiger partial charge is 0.270 e. The summed E-state index contributed by atoms with van der Waals surface area (Å²) < 4.78 is 6.45. The van der Waals surface area contributed by atoms with Gasteiger partial charge in [0.05, 0.1) is 11.0 Å². The van der Waals surface area contributed by atoms with Crippen molar-refractivity contribution in [2.24, 2.45) is 5.92 Å². The van der Waals surface area contributed by atoms with Crippen LogP contribution in [-0.2, 0) is 4.79 Å². The number of rotatable bonds is 4. The van der Waals surface area contributed by atoms with E-state index in [2.05, 4.69) is 10.6 Å². The van der Waals surface area contributed by atoms with Gasteiger partial charge in [-0.15, -0.1) is 0 Å². The number of para-hydroxylation sites is 1. The summed E-state index contributed by atoms with van der Waals surface area (Å²) in [5.74, 6) is -0.697. The minimum atomic E-state index is -1.21. The Labute approximate surface area is 205 Å². The molecule has 1 saturated heterocycles. The molecule has 2 aliphatic rings. The number of benzene rings is 3. The predicted octanol–water partition coefficient (Wildman–Crippen LogP) is 5.05. The van der Waals surface area contributed by atoms with Crippen molar-refractivity contribution in [3.05, 3.63) is 93.5 Å². The third-order valence-electron chi connectivity index (χ3n) is 6.10. The third kappa shape index (κ3) is 3.63. The standard InChI is InChI=1S/C24H19ClN4O4S/c1-24-20(22(30)26-15-9-7-14(25)8-10-15)21(18-13-17(29(31)32)11-12-19(18)33-24)27-23(34)28(24)16-5-3-2-4-6-16/h2-13,20-21H,1H3,(H,26,30)(H,27,34)/t20-,21+,24-/m1/s1. The molecule has 2 bridgehead atoms. The molecule has 1 fully saturated rings. The quantitative estimate of drug-likeness (QED) is 0.297. The number of amides is 1. The van der Waals surface area contributed by atoms with Gasteiger partial charge in [0, 0.05) is 34.1 Å². The van der Waals surface area contributed by atoms with Crippen LogP contribution in [0.5, 0.6) is 5.75 Å². The van der Waals surface area contributed by atoms with Crippen molar-refractivity contribution >= 4 is 51.9 Å². The number of thiocarbonyl (C=S) groups is 1. The number of halogens is 1. The lowest BCUT2D eigenvalue weighted by Gasteiger charge is -2.55. The minimum absolute atomic E-state index is 0.0963. The highest BCUT2D eigenvalue weighted by Gasteiger charge is 2.59. The fourth-order valence-corrected chi connectivity index (χ4v) is 5.14. The maximum atomic E-state index is 13.7. The Bertz CT molecular complexity index is 1300. The van der Waals surface area contributed by atoms with Crippen molar-refractivity contribution in [3.63, 3.8) is 0 Å². The minimum Gasteiger partial charge on any atom is -0.467 e. The van der Waals surface area contributed by atoms with Gasteiger partial charge in [-0.1, -0.05) is 29.8 Å². The van der Waals surface area contributed by atoms with E-state index in [4.69, 9.17) is 28.6 Å². The average molecular weight is 495 g/mol. The number of fused-ring (bicyclic) bond motifs is 4. The predicted molar refractivity (Wildman–Crippen MR) is 133 cm³/mol. The monoisotopic (exact) mass is 494 g/mol. The Kier molecular flexibility index (Phi) is 5.38. The molecule has 34 heavy (non-hydrogen) atoms. The molecule has 172 valence electrons. The molecule has 5 rings (SSSR count). The van der Waals surface area contributed by atoms with Crippen LogP contribution in [0.25, 0.3) is 0 Å². The van der Waals surface area contributed by atoms with Crippen molar-refractivity contribution in [1.29, 1.82) is 0 Å². The normalized spacial score (nSPS) is 22.8. The number of anilines is 2. The molecular weight excluding hydrogens is 476 g/mol. The van der Waals surface area contributed by atoms with E-state index >= 15 is 0 Å². The molecule has 3 atom stereocenters. The van der Waals surface area contributed by atoms with Gasteiger partial charge in [0.15, 0.2) is 10.8 Å². The van der Waals surface area contributed by atoms with E-state index in [1.807, 2.05) is 30.3 Å². The fourth-order valence-electron chi connectivity index (χ4n) is 4.60. The lowest BCUT2D eigenvalue weighted by molar-refractivity contribution is -0.385. The summed E-state index contributed by atoms with van der Waals surface area (Å²) in [6, 6.07) is 19.9. The van der Waals surface area contributed by atoms with Crippen LogP contribution >= 0.6 is 23.8 Å². The number of non-ortho nitro benzene ring substituents is 1. The van der Waals surface area contributed by atoms with Crippen LogP contribution in [0, 0.1) is 16.0 Å². The molecule has 0 radical (unpaired) electrons. The van der Waals surface area contributed by atoms with Gasteiger partial charge in [-0.05, 0) is 61.6 Å². The Hall–Kier alpha value is -3.69. The number of carbonyl (C=O) groups is 1. The summed E-state index contributed by atoms with van der Waals surface area (Å²) in [6.07, 6.45) is 0. The lowest BCUT2D eigenvalue weighted by Crippen LogP contribution is -2.72. The highest BCUT2D eigenvalue weighted by atomic mass is 35.5. The summed E-state index contributed by atoms with van der Waals surface area (Å²) in [4.78, 5) is 26.4. The van der Waals surface area contributed by atoms with E-state index in [-0.39, 0.29) is 11.6 Å². The molecule has 0 spiro atoms. The zero-order valence-corrected chi connectivity index (χ0v) is 19.5. The molecule has 0 aromatic heterocycles. The summed E-state index contributed by atoms with van der Waals surface area (Å²) in [7, 11) is 0. The number of hydrogen-bond acceptors (Lipinski definition) is 5. The fraction of sp³-hybridized carbons (Fsp3) is 0.167. The van der Waals surface area contributed by atoms with E-state index in [0.717, 1.165) is 5.69 Å². The van der Waals surface area contributed by atoms with Crippen LogP contribution < -0.4 is 20.3 Å². The summed E-state index contributed by atoms with van der Waals surface area (Å²) in [5.41, 5.74) is 0.498.